The van der Waals surface area contributed by atoms with Crippen LogP contribution in [-0.4, -0.2) is 68.0 Å². The molecule has 0 amide bonds. The van der Waals surface area contributed by atoms with E-state index in [-0.39, 0.29) is 24.3 Å². The second kappa shape index (κ2) is 29.9. The van der Waals surface area contributed by atoms with Gasteiger partial charge in [-0.2, -0.15) is 0 Å². The summed E-state index contributed by atoms with van der Waals surface area (Å²) >= 11 is 0. The summed E-state index contributed by atoms with van der Waals surface area (Å²) in [5, 5.41) is 10.9. The van der Waals surface area contributed by atoms with Gasteiger partial charge in [0.1, 0.15) is 6.10 Å². The highest BCUT2D eigenvalue weighted by molar-refractivity contribution is 5.70. The fraction of sp³-hybridized carbons (Fsp3) is 0.886. The Morgan fingerprint density at radius 2 is 1.24 bits per heavy atom. The summed E-state index contributed by atoms with van der Waals surface area (Å²) in [6.45, 7) is 5.75. The van der Waals surface area contributed by atoms with E-state index in [4.69, 9.17) is 4.74 Å². The number of allylic oxidation sites excluding steroid dienone is 1. The van der Waals surface area contributed by atoms with Gasteiger partial charge in [0.2, 0.25) is 0 Å². The smallest absolute Gasteiger partial charge is 0.362 e. The van der Waals surface area contributed by atoms with Crippen LogP contribution < -0.4 is 12.4 Å². The topological polar surface area (TPSA) is 72.8 Å². The maximum absolute atomic E-state index is 12.9. The molecule has 0 saturated heterocycles. The maximum Gasteiger partial charge on any atom is 0.362 e. The van der Waals surface area contributed by atoms with Crippen LogP contribution >= 0.6 is 0 Å². The van der Waals surface area contributed by atoms with Crippen LogP contribution in [0.3, 0.4) is 0 Å². The zero-order valence-corrected chi connectivity index (χ0v) is 28.9. The number of halogens is 1. The molecule has 7 heteroatoms. The molecule has 0 aromatic carbocycles. The monoisotopic (exact) mass is 617 g/mol. The molecule has 0 aliphatic rings. The first-order chi connectivity index (χ1) is 19.8. The van der Waals surface area contributed by atoms with Crippen LogP contribution in [0.15, 0.2) is 12.2 Å². The zero-order valence-electron chi connectivity index (χ0n) is 28.2. The molecule has 0 fully saturated rings. The predicted molar refractivity (Wildman–Crippen MR) is 172 cm³/mol. The second-order valence-electron chi connectivity index (χ2n) is 12.7. The fourth-order valence-corrected chi connectivity index (χ4v) is 5.26. The minimum Gasteiger partial charge on any atom is -1.00 e. The number of likely N-dealkylation sites (N-methyl/N-ethyl adjacent to an activating group) is 1. The number of quaternary nitrogens is 1. The summed E-state index contributed by atoms with van der Waals surface area (Å²) < 4.78 is 11.2. The maximum atomic E-state index is 12.9. The lowest BCUT2D eigenvalue weighted by atomic mass is 10.0. The SMILES string of the molecule is CCCCCCCCCCCC[N+](C)(C)CC(=O)OC(CCCCC)C(O)C/C=C/CCCCCCCC(=O)OC.[Cl-]. The summed E-state index contributed by atoms with van der Waals surface area (Å²) in [5.41, 5.74) is 0. The molecule has 0 bridgehead atoms. The molecular formula is C35H68ClNO5. The quantitative estimate of drug-likeness (QED) is 0.0505. The van der Waals surface area contributed by atoms with Crippen molar-refractivity contribution in [1.82, 2.24) is 0 Å². The van der Waals surface area contributed by atoms with Crippen molar-refractivity contribution in [3.8, 4) is 0 Å². The van der Waals surface area contributed by atoms with Gasteiger partial charge in [-0.1, -0.05) is 109 Å². The zero-order chi connectivity index (χ0) is 30.6. The highest BCUT2D eigenvalue weighted by atomic mass is 35.5. The van der Waals surface area contributed by atoms with Crippen LogP contribution in [0.5, 0.6) is 0 Å². The molecule has 2 atom stereocenters. The van der Waals surface area contributed by atoms with E-state index in [0.29, 0.717) is 30.3 Å². The minimum atomic E-state index is -0.664. The van der Waals surface area contributed by atoms with Gasteiger partial charge < -0.3 is 31.5 Å². The Kier molecular flexibility index (Phi) is 30.7. The number of ether oxygens (including phenoxy) is 2. The van der Waals surface area contributed by atoms with Gasteiger partial charge >= 0.3 is 11.9 Å². The molecule has 0 spiro atoms. The predicted octanol–water partition coefficient (Wildman–Crippen LogP) is 5.69. The van der Waals surface area contributed by atoms with E-state index >= 15 is 0 Å². The molecular weight excluding hydrogens is 550 g/mol. The number of rotatable bonds is 29. The van der Waals surface area contributed by atoms with Crippen molar-refractivity contribution in [2.24, 2.45) is 0 Å². The van der Waals surface area contributed by atoms with Gasteiger partial charge in [0, 0.05) is 6.42 Å². The van der Waals surface area contributed by atoms with Gasteiger partial charge in [-0.3, -0.25) is 4.79 Å². The fourth-order valence-electron chi connectivity index (χ4n) is 5.26. The molecule has 0 aromatic heterocycles. The molecule has 0 heterocycles. The van der Waals surface area contributed by atoms with E-state index < -0.39 is 12.2 Å². The van der Waals surface area contributed by atoms with E-state index in [1.54, 1.807) is 0 Å². The molecule has 0 radical (unpaired) electrons. The number of hydrogen-bond donors (Lipinski definition) is 1. The Morgan fingerprint density at radius 3 is 1.83 bits per heavy atom. The summed E-state index contributed by atoms with van der Waals surface area (Å²) in [7, 11) is 5.66. The molecule has 0 aliphatic carbocycles. The van der Waals surface area contributed by atoms with Crippen molar-refractivity contribution < 1.29 is 41.1 Å². The number of nitrogens with zero attached hydrogens (tertiary/aromatic N) is 1. The molecule has 2 unspecified atom stereocenters. The van der Waals surface area contributed by atoms with Gasteiger partial charge in [0.05, 0.1) is 33.9 Å². The van der Waals surface area contributed by atoms with Gasteiger partial charge in [0.15, 0.2) is 6.54 Å². The summed E-state index contributed by atoms with van der Waals surface area (Å²) in [6, 6.07) is 0. The number of unbranched alkanes of at least 4 members (excludes halogenated alkanes) is 16. The Morgan fingerprint density at radius 1 is 0.714 bits per heavy atom. The van der Waals surface area contributed by atoms with Crippen LogP contribution in [0.25, 0.3) is 0 Å². The van der Waals surface area contributed by atoms with Crippen molar-refractivity contribution >= 4 is 11.9 Å². The molecule has 6 nitrogen and oxygen atoms in total. The van der Waals surface area contributed by atoms with Crippen LogP contribution in [0.2, 0.25) is 0 Å². The molecule has 250 valence electrons. The molecule has 1 N–H and O–H groups in total. The Balaban J connectivity index is 0. The molecule has 42 heavy (non-hydrogen) atoms. The lowest BCUT2D eigenvalue weighted by Crippen LogP contribution is -3.00. The first kappa shape index (κ1) is 43.0. The van der Waals surface area contributed by atoms with E-state index in [2.05, 4.69) is 38.8 Å². The molecule has 0 rings (SSSR count). The van der Waals surface area contributed by atoms with E-state index in [0.717, 1.165) is 70.8 Å². The van der Waals surface area contributed by atoms with Gasteiger partial charge in [-0.05, 0) is 51.4 Å². The number of esters is 2. The largest absolute Gasteiger partial charge is 1.00 e. The van der Waals surface area contributed by atoms with Gasteiger partial charge in [-0.15, -0.1) is 0 Å². The number of carbonyl (C=O) groups excluding carboxylic acids is 2. The first-order valence-electron chi connectivity index (χ1n) is 17.2. The summed E-state index contributed by atoms with van der Waals surface area (Å²) in [4.78, 5) is 24.0. The average Bonchev–Trinajstić information content (AvgIpc) is 2.93. The van der Waals surface area contributed by atoms with Crippen LogP contribution in [0.4, 0.5) is 0 Å². The highest BCUT2D eigenvalue weighted by Crippen LogP contribution is 2.17. The normalized spacial score (nSPS) is 13.1. The Hall–Kier alpha value is -1.11. The van der Waals surface area contributed by atoms with Crippen molar-refractivity contribution in [2.75, 3.05) is 34.3 Å². The second-order valence-corrected chi connectivity index (χ2v) is 12.7. The van der Waals surface area contributed by atoms with E-state index in [9.17, 15) is 14.7 Å². The minimum absolute atomic E-state index is 0. The van der Waals surface area contributed by atoms with Crippen molar-refractivity contribution in [2.45, 2.75) is 167 Å². The van der Waals surface area contributed by atoms with Gasteiger partial charge in [-0.25, -0.2) is 4.79 Å². The first-order valence-corrected chi connectivity index (χ1v) is 17.2. The van der Waals surface area contributed by atoms with E-state index in [1.807, 2.05) is 6.08 Å². The van der Waals surface area contributed by atoms with Gasteiger partial charge in [0.25, 0.3) is 0 Å². The number of hydrogen-bond acceptors (Lipinski definition) is 5. The Labute approximate surface area is 266 Å². The number of aliphatic hydroxyl groups excluding tert-OH is 1. The highest BCUT2D eigenvalue weighted by Gasteiger charge is 2.27. The van der Waals surface area contributed by atoms with Crippen LogP contribution in [0, 0.1) is 0 Å². The number of aliphatic hydroxyl groups is 1. The molecule has 0 aliphatic heterocycles. The lowest BCUT2D eigenvalue weighted by molar-refractivity contribution is -0.883. The third kappa shape index (κ3) is 27.7. The van der Waals surface area contributed by atoms with Crippen molar-refractivity contribution in [1.29, 1.82) is 0 Å². The van der Waals surface area contributed by atoms with Crippen molar-refractivity contribution in [3.63, 3.8) is 0 Å². The third-order valence-corrected chi connectivity index (χ3v) is 8.00. The van der Waals surface area contributed by atoms with Crippen LogP contribution in [-0.2, 0) is 19.1 Å². The van der Waals surface area contributed by atoms with E-state index in [1.165, 1.54) is 64.9 Å². The van der Waals surface area contributed by atoms with Crippen LogP contribution in [0.1, 0.15) is 155 Å². The Bertz CT molecular complexity index is 655. The molecule has 0 aromatic rings. The standard InChI is InChI=1S/C35H68NO5.ClH/c1-6-8-10-11-12-13-16-19-22-26-30-36(3,4)31-35(39)41-33(28-23-9-7-2)32(37)27-24-20-17-14-15-18-21-25-29-34(38)40-5;/h20,24,32-33,37H,6-19,21-23,25-31H2,1-5H3;1H/q+1;/p-1/b24-20+;. The third-order valence-electron chi connectivity index (χ3n) is 8.00. The summed E-state index contributed by atoms with van der Waals surface area (Å²) in [5.74, 6) is -0.323. The number of methoxy groups -OCH3 is 1. The lowest BCUT2D eigenvalue weighted by Gasteiger charge is -2.30. The summed E-state index contributed by atoms with van der Waals surface area (Å²) in [6.07, 6.45) is 27.4. The average molecular weight is 618 g/mol. The number of carbonyl (C=O) groups is 2. The van der Waals surface area contributed by atoms with Crippen molar-refractivity contribution in [3.05, 3.63) is 12.2 Å². The molecule has 0 saturated carbocycles.